The Morgan fingerprint density at radius 2 is 1.87 bits per heavy atom. The highest BCUT2D eigenvalue weighted by Crippen LogP contribution is 2.65. The second-order valence-corrected chi connectivity index (χ2v) is 6.33. The highest BCUT2D eigenvalue weighted by molar-refractivity contribution is 7.93. The van der Waals surface area contributed by atoms with Crippen molar-refractivity contribution in [1.82, 2.24) is 0 Å². The van der Waals surface area contributed by atoms with Gasteiger partial charge in [0.05, 0.1) is 6.10 Å². The van der Waals surface area contributed by atoms with E-state index in [2.05, 4.69) is 18.4 Å². The van der Waals surface area contributed by atoms with Crippen LogP contribution in [0.1, 0.15) is 19.3 Å². The largest absolute Gasteiger partial charge is 0.312 e. The van der Waals surface area contributed by atoms with Crippen LogP contribution in [-0.4, -0.2) is 12.4 Å². The summed E-state index contributed by atoms with van der Waals surface area (Å²) in [5, 5.41) is 0. The molecule has 7 unspecified atom stereocenters. The van der Waals surface area contributed by atoms with Crippen LogP contribution >= 0.6 is 12.0 Å². The Hall–Kier alpha value is 0.0500. The molecule has 3 saturated carbocycles. The molecule has 0 N–H and O–H groups in total. The Balaban J connectivity index is 1.63. The zero-order valence-electron chi connectivity index (χ0n) is 9.13. The van der Waals surface area contributed by atoms with E-state index in [0.717, 1.165) is 35.5 Å². The highest BCUT2D eigenvalue weighted by Gasteiger charge is 2.61. The molecule has 0 heterocycles. The Kier molecular flexibility index (Phi) is 1.85. The zero-order valence-corrected chi connectivity index (χ0v) is 9.95. The van der Waals surface area contributed by atoms with E-state index in [0.29, 0.717) is 6.10 Å². The van der Waals surface area contributed by atoms with Crippen molar-refractivity contribution in [2.75, 3.05) is 6.26 Å². The first-order chi connectivity index (χ1) is 7.38. The number of hydrogen-bond acceptors (Lipinski definition) is 2. The summed E-state index contributed by atoms with van der Waals surface area (Å²) in [6, 6.07) is 0. The summed E-state index contributed by atoms with van der Waals surface area (Å²) in [6.07, 6.45) is 11.9. The summed E-state index contributed by atoms with van der Waals surface area (Å²) in [5.41, 5.74) is 0. The number of allylic oxidation sites excluding steroid dienone is 2. The highest BCUT2D eigenvalue weighted by atomic mass is 32.2. The topological polar surface area (TPSA) is 9.23 Å². The molecule has 0 radical (unpaired) electrons. The van der Waals surface area contributed by atoms with Crippen LogP contribution in [0.25, 0.3) is 0 Å². The van der Waals surface area contributed by atoms with Crippen molar-refractivity contribution in [1.29, 1.82) is 0 Å². The predicted octanol–water partition coefficient (Wildman–Crippen LogP) is 3.13. The zero-order chi connectivity index (χ0) is 9.99. The second-order valence-electron chi connectivity index (χ2n) is 5.80. The molecule has 15 heavy (non-hydrogen) atoms. The van der Waals surface area contributed by atoms with Gasteiger partial charge in [-0.1, -0.05) is 12.2 Å². The fourth-order valence-electron chi connectivity index (χ4n) is 5.19. The van der Waals surface area contributed by atoms with Gasteiger partial charge in [0.25, 0.3) is 0 Å². The Labute approximate surface area is 95.9 Å². The van der Waals surface area contributed by atoms with Crippen molar-refractivity contribution >= 4 is 12.0 Å². The first-order valence-corrected chi connectivity index (χ1v) is 7.41. The van der Waals surface area contributed by atoms with Gasteiger partial charge >= 0.3 is 0 Å². The molecule has 4 aliphatic carbocycles. The van der Waals surface area contributed by atoms with E-state index in [1.807, 2.05) is 0 Å². The lowest BCUT2D eigenvalue weighted by Crippen LogP contribution is -2.34. The lowest BCUT2D eigenvalue weighted by atomic mass is 9.72. The third kappa shape index (κ3) is 1.05. The standard InChI is InChI=1S/C13H18OS/c1-15-14-11-6-9-5-10(11)13-8-3-2-7(4-8)12(9)13/h2-3,7-13H,4-6H2,1H3. The van der Waals surface area contributed by atoms with Gasteiger partial charge in [0.2, 0.25) is 0 Å². The monoisotopic (exact) mass is 222 g/mol. The summed E-state index contributed by atoms with van der Waals surface area (Å²) >= 11 is 1.57. The number of fused-ring (bicyclic) bond motifs is 9. The summed E-state index contributed by atoms with van der Waals surface area (Å²) < 4.78 is 5.85. The van der Waals surface area contributed by atoms with Crippen LogP contribution < -0.4 is 0 Å². The molecular formula is C13H18OS. The molecule has 0 amide bonds. The van der Waals surface area contributed by atoms with Crippen molar-refractivity contribution in [3.05, 3.63) is 12.2 Å². The normalized spacial score (nSPS) is 59.1. The van der Waals surface area contributed by atoms with E-state index in [1.54, 1.807) is 12.0 Å². The van der Waals surface area contributed by atoms with Crippen molar-refractivity contribution in [3.63, 3.8) is 0 Å². The molecule has 0 aromatic heterocycles. The molecule has 0 aromatic carbocycles. The molecule has 0 aliphatic heterocycles. The number of hydrogen-bond donors (Lipinski definition) is 0. The van der Waals surface area contributed by atoms with Crippen molar-refractivity contribution in [3.8, 4) is 0 Å². The predicted molar refractivity (Wildman–Crippen MR) is 62.3 cm³/mol. The third-order valence-electron chi connectivity index (χ3n) is 5.43. The molecule has 3 fully saturated rings. The third-order valence-corrected chi connectivity index (χ3v) is 5.87. The van der Waals surface area contributed by atoms with Crippen LogP contribution in [0.4, 0.5) is 0 Å². The maximum absolute atomic E-state index is 5.85. The number of rotatable bonds is 2. The van der Waals surface area contributed by atoms with Gasteiger partial charge in [-0.2, -0.15) is 0 Å². The van der Waals surface area contributed by atoms with Gasteiger partial charge < -0.3 is 4.18 Å². The molecule has 2 heteroatoms. The molecule has 4 aliphatic rings. The minimum Gasteiger partial charge on any atom is -0.312 e. The van der Waals surface area contributed by atoms with Crippen LogP contribution in [0.5, 0.6) is 0 Å². The SMILES string of the molecule is CSOC1CC2CC1C1C3C=CC(C3)C21. The summed E-state index contributed by atoms with van der Waals surface area (Å²) in [7, 11) is 0. The summed E-state index contributed by atoms with van der Waals surface area (Å²) in [4.78, 5) is 0. The van der Waals surface area contributed by atoms with Crippen molar-refractivity contribution in [2.45, 2.75) is 25.4 Å². The average molecular weight is 222 g/mol. The molecule has 1 nitrogen and oxygen atoms in total. The van der Waals surface area contributed by atoms with Crippen LogP contribution in [0.3, 0.4) is 0 Å². The molecule has 82 valence electrons. The van der Waals surface area contributed by atoms with E-state index >= 15 is 0 Å². The minimum absolute atomic E-state index is 0.582. The molecule has 4 bridgehead atoms. The van der Waals surface area contributed by atoms with Crippen LogP contribution in [-0.2, 0) is 4.18 Å². The fraction of sp³-hybridized carbons (Fsp3) is 0.846. The smallest absolute Gasteiger partial charge is 0.0756 e. The van der Waals surface area contributed by atoms with Gasteiger partial charge in [0.1, 0.15) is 0 Å². The van der Waals surface area contributed by atoms with Crippen molar-refractivity contribution < 1.29 is 4.18 Å². The first-order valence-electron chi connectivity index (χ1n) is 6.26. The lowest BCUT2D eigenvalue weighted by molar-refractivity contribution is 0.0824. The van der Waals surface area contributed by atoms with E-state index in [9.17, 15) is 0 Å². The molecule has 0 saturated heterocycles. The van der Waals surface area contributed by atoms with E-state index in [-0.39, 0.29) is 0 Å². The summed E-state index contributed by atoms with van der Waals surface area (Å²) in [5.74, 6) is 5.81. The fourth-order valence-corrected chi connectivity index (χ4v) is 5.66. The lowest BCUT2D eigenvalue weighted by Gasteiger charge is -2.35. The van der Waals surface area contributed by atoms with Crippen LogP contribution in [0, 0.1) is 35.5 Å². The second kappa shape index (κ2) is 3.04. The maximum atomic E-state index is 5.85. The van der Waals surface area contributed by atoms with Crippen LogP contribution in [0.15, 0.2) is 12.2 Å². The minimum atomic E-state index is 0.582. The van der Waals surface area contributed by atoms with Gasteiger partial charge in [0.15, 0.2) is 0 Å². The maximum Gasteiger partial charge on any atom is 0.0756 e. The summed E-state index contributed by atoms with van der Waals surface area (Å²) in [6.45, 7) is 0. The van der Waals surface area contributed by atoms with Gasteiger partial charge in [-0.3, -0.25) is 0 Å². The molecular weight excluding hydrogens is 204 g/mol. The van der Waals surface area contributed by atoms with Gasteiger partial charge in [-0.05, 0) is 66.8 Å². The average Bonchev–Trinajstić information content (AvgIpc) is 2.95. The van der Waals surface area contributed by atoms with E-state index in [1.165, 1.54) is 19.3 Å². The van der Waals surface area contributed by atoms with Crippen LogP contribution in [0.2, 0.25) is 0 Å². The van der Waals surface area contributed by atoms with Crippen molar-refractivity contribution in [2.24, 2.45) is 35.5 Å². The van der Waals surface area contributed by atoms with Gasteiger partial charge in [0, 0.05) is 6.26 Å². The van der Waals surface area contributed by atoms with Gasteiger partial charge in [-0.25, -0.2) is 0 Å². The Bertz CT molecular complexity index is 314. The van der Waals surface area contributed by atoms with E-state index in [4.69, 9.17) is 4.18 Å². The molecule has 0 aromatic rings. The molecule has 4 rings (SSSR count). The molecule has 0 spiro atoms. The van der Waals surface area contributed by atoms with Gasteiger partial charge in [-0.15, -0.1) is 0 Å². The first kappa shape index (κ1) is 9.12. The molecule has 7 atom stereocenters. The Morgan fingerprint density at radius 3 is 2.67 bits per heavy atom. The quantitative estimate of drug-likeness (QED) is 0.403. The van der Waals surface area contributed by atoms with E-state index < -0.39 is 0 Å². The Morgan fingerprint density at radius 1 is 1.07 bits per heavy atom.